The zero-order valence-electron chi connectivity index (χ0n) is 16.0. The molecule has 3 rings (SSSR count). The molecule has 146 valence electrons. The highest BCUT2D eigenvalue weighted by Crippen LogP contribution is 2.18. The van der Waals surface area contributed by atoms with Crippen LogP contribution in [-0.4, -0.2) is 46.1 Å². The summed E-state index contributed by atoms with van der Waals surface area (Å²) in [5.41, 5.74) is -0.0343. The van der Waals surface area contributed by atoms with Crippen molar-refractivity contribution in [3.05, 3.63) is 40.3 Å². The van der Waals surface area contributed by atoms with Crippen molar-refractivity contribution >= 4 is 28.3 Å². The van der Waals surface area contributed by atoms with Crippen LogP contribution >= 0.6 is 11.6 Å². The van der Waals surface area contributed by atoms with Crippen LogP contribution in [-0.2, 0) is 17.9 Å². The predicted molar refractivity (Wildman–Crippen MR) is 108 cm³/mol. The normalized spacial score (nSPS) is 15.4. The Bertz CT molecular complexity index is 872. The van der Waals surface area contributed by atoms with E-state index in [0.717, 1.165) is 25.0 Å². The van der Waals surface area contributed by atoms with Gasteiger partial charge in [0.15, 0.2) is 0 Å². The first-order valence-electron chi connectivity index (χ1n) is 9.48. The van der Waals surface area contributed by atoms with E-state index in [1.54, 1.807) is 13.8 Å². The molecule has 1 saturated heterocycles. The predicted octanol–water partition coefficient (Wildman–Crippen LogP) is 2.37. The summed E-state index contributed by atoms with van der Waals surface area (Å²) in [4.78, 5) is 27.5. The monoisotopic (exact) mass is 390 g/mol. The van der Waals surface area contributed by atoms with Crippen molar-refractivity contribution in [3.63, 3.8) is 0 Å². The molecule has 0 bridgehead atoms. The molecule has 0 saturated carbocycles. The summed E-state index contributed by atoms with van der Waals surface area (Å²) in [7, 11) is 0. The quantitative estimate of drug-likeness (QED) is 0.737. The van der Waals surface area contributed by atoms with Gasteiger partial charge >= 0.3 is 0 Å². The summed E-state index contributed by atoms with van der Waals surface area (Å²) in [6, 6.07) is 7.43. The van der Waals surface area contributed by atoms with Crippen molar-refractivity contribution in [3.8, 4) is 0 Å². The average molecular weight is 391 g/mol. The number of nitrogens with zero attached hydrogens (tertiary/aromatic N) is 3. The second-order valence-corrected chi connectivity index (χ2v) is 8.04. The lowest BCUT2D eigenvalue weighted by molar-refractivity contribution is -0.128. The Morgan fingerprint density at radius 2 is 1.85 bits per heavy atom. The van der Waals surface area contributed by atoms with Gasteiger partial charge in [0, 0.05) is 17.8 Å². The van der Waals surface area contributed by atoms with Crippen LogP contribution in [0.2, 0.25) is 0 Å². The van der Waals surface area contributed by atoms with E-state index in [-0.39, 0.29) is 23.9 Å². The van der Waals surface area contributed by atoms with Crippen molar-refractivity contribution in [1.82, 2.24) is 20.0 Å². The summed E-state index contributed by atoms with van der Waals surface area (Å²) in [6.07, 6.45) is 2.43. The molecule has 0 radical (unpaired) electrons. The van der Waals surface area contributed by atoms with Crippen LogP contribution in [0.15, 0.2) is 29.1 Å². The Hall–Kier alpha value is -1.92. The average Bonchev–Trinajstić information content (AvgIpc) is 3.20. The molecular weight excluding hydrogens is 364 g/mol. The van der Waals surface area contributed by atoms with Crippen molar-refractivity contribution in [2.75, 3.05) is 25.5 Å². The van der Waals surface area contributed by atoms with Crippen LogP contribution in [0.5, 0.6) is 0 Å². The van der Waals surface area contributed by atoms with Gasteiger partial charge in [-0.25, -0.2) is 4.68 Å². The number of carbonyl (C=O) groups is 1. The lowest BCUT2D eigenvalue weighted by Gasteiger charge is -2.21. The largest absolute Gasteiger partial charge is 0.350 e. The summed E-state index contributed by atoms with van der Waals surface area (Å²) in [5.74, 6) is 0.112. The topological polar surface area (TPSA) is 67.2 Å². The molecule has 1 amide bonds. The molecule has 2 heterocycles. The van der Waals surface area contributed by atoms with Crippen molar-refractivity contribution < 1.29 is 4.79 Å². The highest BCUT2D eigenvalue weighted by molar-refractivity contribution is 6.19. The minimum atomic E-state index is -0.651. The Labute approximate surface area is 164 Å². The fraction of sp³-hybridized carbons (Fsp3) is 0.550. The molecule has 2 aromatic rings. The Balaban J connectivity index is 1.85. The fourth-order valence-corrected chi connectivity index (χ4v) is 3.42. The number of alkyl halides is 1. The number of nitrogens with one attached hydrogen (secondary N) is 1. The number of benzene rings is 1. The number of carbonyl (C=O) groups excluding carboxylic acids is 1. The van der Waals surface area contributed by atoms with E-state index in [1.807, 2.05) is 24.3 Å². The van der Waals surface area contributed by atoms with E-state index in [9.17, 15) is 9.59 Å². The van der Waals surface area contributed by atoms with Gasteiger partial charge in [-0.3, -0.25) is 9.59 Å². The number of hydrogen-bond acceptors (Lipinski definition) is 4. The number of aromatic nitrogens is 2. The Morgan fingerprint density at radius 3 is 2.52 bits per heavy atom. The minimum Gasteiger partial charge on any atom is -0.350 e. The minimum absolute atomic E-state index is 0.0824. The third-order valence-corrected chi connectivity index (χ3v) is 5.80. The van der Waals surface area contributed by atoms with Crippen LogP contribution in [0.25, 0.3) is 10.8 Å². The molecule has 1 aliphatic heterocycles. The summed E-state index contributed by atoms with van der Waals surface area (Å²) >= 11 is 5.89. The van der Waals surface area contributed by atoms with Crippen LogP contribution in [0.1, 0.15) is 32.4 Å². The first kappa shape index (κ1) is 19.8. The van der Waals surface area contributed by atoms with Gasteiger partial charge < -0.3 is 10.2 Å². The Morgan fingerprint density at radius 1 is 1.19 bits per heavy atom. The van der Waals surface area contributed by atoms with E-state index in [4.69, 9.17) is 11.6 Å². The molecule has 1 aromatic heterocycles. The molecule has 0 spiro atoms. The van der Waals surface area contributed by atoms with Gasteiger partial charge in [0.1, 0.15) is 0 Å². The smallest absolute Gasteiger partial charge is 0.274 e. The molecule has 6 nitrogen and oxygen atoms in total. The second-order valence-electron chi connectivity index (χ2n) is 7.77. The SMILES string of the molecule is CC(C)(CCl)C(=O)NCc1nn(CCN2CCCC2)c(=O)c2ccccc12. The number of halogens is 1. The van der Waals surface area contributed by atoms with Crippen LogP contribution < -0.4 is 10.9 Å². The van der Waals surface area contributed by atoms with Crippen molar-refractivity contribution in [2.45, 2.75) is 39.8 Å². The fourth-order valence-electron chi connectivity index (χ4n) is 3.29. The van der Waals surface area contributed by atoms with Gasteiger partial charge in [0.25, 0.3) is 5.56 Å². The molecule has 1 fully saturated rings. The second kappa shape index (κ2) is 8.40. The zero-order chi connectivity index (χ0) is 19.4. The molecule has 7 heteroatoms. The number of hydrogen-bond donors (Lipinski definition) is 1. The summed E-state index contributed by atoms with van der Waals surface area (Å²) in [5, 5.41) is 8.90. The highest BCUT2D eigenvalue weighted by atomic mass is 35.5. The summed E-state index contributed by atoms with van der Waals surface area (Å²) in [6.45, 7) is 7.41. The third-order valence-electron chi connectivity index (χ3n) is 5.14. The molecule has 0 atom stereocenters. The first-order chi connectivity index (χ1) is 12.9. The summed E-state index contributed by atoms with van der Waals surface area (Å²) < 4.78 is 1.54. The van der Waals surface area contributed by atoms with Crippen molar-refractivity contribution in [2.24, 2.45) is 5.41 Å². The van der Waals surface area contributed by atoms with E-state index in [1.165, 1.54) is 17.5 Å². The standard InChI is InChI=1S/C20H27ClN4O2/c1-20(2,14-21)19(27)22-13-17-15-7-3-4-8-16(15)18(26)25(23-17)12-11-24-9-5-6-10-24/h3-4,7-8H,5-6,9-14H2,1-2H3,(H,22,27). The maximum absolute atomic E-state index is 12.8. The van der Waals surface area contributed by atoms with Crippen LogP contribution in [0.4, 0.5) is 0 Å². The van der Waals surface area contributed by atoms with Gasteiger partial charge in [0.2, 0.25) is 5.91 Å². The van der Waals surface area contributed by atoms with Gasteiger partial charge in [0.05, 0.1) is 29.6 Å². The number of fused-ring (bicyclic) bond motifs is 1. The van der Waals surface area contributed by atoms with Gasteiger partial charge in [-0.1, -0.05) is 18.2 Å². The van der Waals surface area contributed by atoms with Gasteiger partial charge in [-0.15, -0.1) is 11.6 Å². The molecule has 1 N–H and O–H groups in total. The maximum Gasteiger partial charge on any atom is 0.274 e. The number of amides is 1. The lowest BCUT2D eigenvalue weighted by atomic mass is 9.95. The van der Waals surface area contributed by atoms with Crippen molar-refractivity contribution in [1.29, 1.82) is 0 Å². The van der Waals surface area contributed by atoms with E-state index in [0.29, 0.717) is 17.6 Å². The highest BCUT2D eigenvalue weighted by Gasteiger charge is 2.26. The maximum atomic E-state index is 12.8. The Kier molecular flexibility index (Phi) is 6.17. The molecule has 1 aliphatic rings. The van der Waals surface area contributed by atoms with Crippen LogP contribution in [0, 0.1) is 5.41 Å². The number of rotatable bonds is 7. The van der Waals surface area contributed by atoms with E-state index in [2.05, 4.69) is 15.3 Å². The van der Waals surface area contributed by atoms with Gasteiger partial charge in [-0.05, 0) is 45.8 Å². The van der Waals surface area contributed by atoms with E-state index < -0.39 is 5.41 Å². The third kappa shape index (κ3) is 4.50. The molecule has 0 aliphatic carbocycles. The van der Waals surface area contributed by atoms with Crippen LogP contribution in [0.3, 0.4) is 0 Å². The lowest BCUT2D eigenvalue weighted by Crippen LogP contribution is -2.38. The first-order valence-corrected chi connectivity index (χ1v) is 10.0. The molecule has 1 aromatic carbocycles. The van der Waals surface area contributed by atoms with E-state index >= 15 is 0 Å². The molecule has 27 heavy (non-hydrogen) atoms. The molecule has 0 unspecified atom stereocenters. The van der Waals surface area contributed by atoms with Gasteiger partial charge in [-0.2, -0.15) is 5.10 Å². The molecular formula is C20H27ClN4O2. The number of likely N-dealkylation sites (tertiary alicyclic amines) is 1. The zero-order valence-corrected chi connectivity index (χ0v) is 16.8.